The molecule has 1 amide bonds. The van der Waals surface area contributed by atoms with E-state index in [0.717, 1.165) is 11.1 Å². The molecule has 8 nitrogen and oxygen atoms in total. The number of carbonyl (C=O) groups is 2. The van der Waals surface area contributed by atoms with Crippen LogP contribution < -0.4 is 10.6 Å². The number of aromatic nitrogens is 3. The van der Waals surface area contributed by atoms with Crippen molar-refractivity contribution in [1.29, 1.82) is 0 Å². The first kappa shape index (κ1) is 24.1. The summed E-state index contributed by atoms with van der Waals surface area (Å²) in [6.07, 6.45) is 3.47. The highest BCUT2D eigenvalue weighted by molar-refractivity contribution is 6.31. The lowest BCUT2D eigenvalue weighted by Crippen LogP contribution is -2.28. The highest BCUT2D eigenvalue weighted by Crippen LogP contribution is 2.27. The van der Waals surface area contributed by atoms with Crippen LogP contribution in [0.3, 0.4) is 0 Å². The molecule has 0 radical (unpaired) electrons. The smallest absolute Gasteiger partial charge is 0.340 e. The average Bonchev–Trinajstić information content (AvgIpc) is 2.81. The monoisotopic (exact) mass is 489 g/mol. The summed E-state index contributed by atoms with van der Waals surface area (Å²) in [5.74, 6) is -0.279. The number of nitrogens with two attached hydrogens (primary N) is 1. The van der Waals surface area contributed by atoms with Gasteiger partial charge >= 0.3 is 5.97 Å². The molecule has 0 aliphatic rings. The minimum Gasteiger partial charge on any atom is -0.465 e. The Morgan fingerprint density at radius 1 is 1.11 bits per heavy atom. The molecule has 2 N–H and O–H groups in total. The van der Waals surface area contributed by atoms with E-state index in [4.69, 9.17) is 22.1 Å². The van der Waals surface area contributed by atoms with Gasteiger partial charge in [0, 0.05) is 42.5 Å². The third kappa shape index (κ3) is 4.93. The summed E-state index contributed by atoms with van der Waals surface area (Å²) in [4.78, 5) is 40.2. The van der Waals surface area contributed by atoms with Gasteiger partial charge in [-0.05, 0) is 61.4 Å². The molecule has 0 spiro atoms. The van der Waals surface area contributed by atoms with Crippen LogP contribution in [-0.4, -0.2) is 41.0 Å². The van der Waals surface area contributed by atoms with Crippen LogP contribution in [0.4, 0.5) is 11.5 Å². The number of pyridine rings is 3. The Bertz CT molecular complexity index is 1450. The number of ether oxygens (including phenoxy) is 1. The Kier molecular flexibility index (Phi) is 6.66. The first-order valence-corrected chi connectivity index (χ1v) is 11.2. The first-order valence-electron chi connectivity index (χ1n) is 10.8. The van der Waals surface area contributed by atoms with E-state index >= 15 is 0 Å². The second-order valence-corrected chi connectivity index (χ2v) is 8.67. The van der Waals surface area contributed by atoms with Gasteiger partial charge in [-0.2, -0.15) is 0 Å². The zero-order valence-corrected chi connectivity index (χ0v) is 20.6. The average molecular weight is 490 g/mol. The van der Waals surface area contributed by atoms with Crippen LogP contribution in [0.25, 0.3) is 10.9 Å². The molecular weight excluding hydrogens is 466 g/mol. The van der Waals surface area contributed by atoms with Crippen molar-refractivity contribution in [2.75, 3.05) is 24.8 Å². The molecule has 0 fully saturated rings. The van der Waals surface area contributed by atoms with Crippen molar-refractivity contribution in [2.24, 2.45) is 0 Å². The van der Waals surface area contributed by atoms with E-state index in [1.165, 1.54) is 13.3 Å². The van der Waals surface area contributed by atoms with Gasteiger partial charge in [-0.25, -0.2) is 9.78 Å². The molecule has 0 bridgehead atoms. The molecule has 0 unspecified atom stereocenters. The molecule has 9 heteroatoms. The van der Waals surface area contributed by atoms with E-state index in [0.29, 0.717) is 56.4 Å². The summed E-state index contributed by atoms with van der Waals surface area (Å²) in [5.41, 5.74) is 10.9. The molecule has 3 heterocycles. The summed E-state index contributed by atoms with van der Waals surface area (Å²) in [6, 6.07) is 10.5. The predicted molar refractivity (Wildman–Crippen MR) is 136 cm³/mol. The fraction of sp³-hybridized carbons (Fsp3) is 0.192. The molecule has 4 aromatic rings. The molecule has 0 aliphatic carbocycles. The number of benzene rings is 1. The van der Waals surface area contributed by atoms with Crippen LogP contribution in [0.15, 0.2) is 48.8 Å². The van der Waals surface area contributed by atoms with Crippen LogP contribution in [0.5, 0.6) is 0 Å². The Hall–Kier alpha value is -4.04. The molecule has 1 aromatic carbocycles. The number of aryl methyl sites for hydroxylation is 2. The van der Waals surface area contributed by atoms with Crippen molar-refractivity contribution in [3.63, 3.8) is 0 Å². The number of carbonyl (C=O) groups excluding carboxylic acids is 2. The third-order valence-corrected chi connectivity index (χ3v) is 5.89. The summed E-state index contributed by atoms with van der Waals surface area (Å²) in [5, 5.41) is 1.17. The normalized spacial score (nSPS) is 10.9. The fourth-order valence-electron chi connectivity index (χ4n) is 4.23. The summed E-state index contributed by atoms with van der Waals surface area (Å²) in [6.45, 7) is 3.71. The predicted octanol–water partition coefficient (Wildman–Crippen LogP) is 4.53. The van der Waals surface area contributed by atoms with Gasteiger partial charge in [-0.1, -0.05) is 11.6 Å². The lowest BCUT2D eigenvalue weighted by atomic mass is 10.0. The molecule has 35 heavy (non-hydrogen) atoms. The Morgan fingerprint density at radius 3 is 2.60 bits per heavy atom. The maximum absolute atomic E-state index is 13.3. The van der Waals surface area contributed by atoms with Crippen molar-refractivity contribution in [2.45, 2.75) is 20.3 Å². The number of amides is 1. The first-order chi connectivity index (χ1) is 16.7. The van der Waals surface area contributed by atoms with E-state index in [-0.39, 0.29) is 5.91 Å². The molecular formula is C26H24ClN5O3. The van der Waals surface area contributed by atoms with E-state index < -0.39 is 5.97 Å². The van der Waals surface area contributed by atoms with Gasteiger partial charge in [0.15, 0.2) is 0 Å². The zero-order valence-electron chi connectivity index (χ0n) is 19.8. The van der Waals surface area contributed by atoms with Crippen LogP contribution in [0.1, 0.15) is 43.2 Å². The molecule has 0 aliphatic heterocycles. The van der Waals surface area contributed by atoms with E-state index in [2.05, 4.69) is 15.0 Å². The SMILES string of the molecule is COC(=O)c1cc(Cc2cc(C(=O)N(C)c3c(C)cc(N)nc3C)ccn2)cc2cc(Cl)cnc12. The van der Waals surface area contributed by atoms with Crippen molar-refractivity contribution < 1.29 is 14.3 Å². The fourth-order valence-corrected chi connectivity index (χ4v) is 4.39. The lowest BCUT2D eigenvalue weighted by Gasteiger charge is -2.22. The van der Waals surface area contributed by atoms with Gasteiger partial charge in [0.25, 0.3) is 5.91 Å². The minimum absolute atomic E-state index is 0.198. The second-order valence-electron chi connectivity index (χ2n) is 8.24. The number of hydrogen-bond acceptors (Lipinski definition) is 7. The van der Waals surface area contributed by atoms with Crippen molar-refractivity contribution in [1.82, 2.24) is 15.0 Å². The molecule has 0 atom stereocenters. The zero-order chi connectivity index (χ0) is 25.3. The summed E-state index contributed by atoms with van der Waals surface area (Å²) >= 11 is 6.12. The highest BCUT2D eigenvalue weighted by atomic mass is 35.5. The Balaban J connectivity index is 1.67. The van der Waals surface area contributed by atoms with Crippen LogP contribution >= 0.6 is 11.6 Å². The topological polar surface area (TPSA) is 111 Å². The standard InChI is InChI=1S/C26H24ClN5O3/c1-14-7-22(28)31-15(2)24(14)32(3)25(33)17-5-6-29-20(12-17)9-16-8-18-11-19(27)13-30-23(18)21(10-16)26(34)35-4/h5-8,10-13H,9H2,1-4H3,(H2,28,31). The number of fused-ring (bicyclic) bond motifs is 1. The summed E-state index contributed by atoms with van der Waals surface area (Å²) < 4.78 is 4.93. The van der Waals surface area contributed by atoms with Crippen molar-refractivity contribution >= 4 is 45.9 Å². The van der Waals surface area contributed by atoms with E-state index in [1.54, 1.807) is 48.5 Å². The maximum Gasteiger partial charge on any atom is 0.340 e. The van der Waals surface area contributed by atoms with Gasteiger partial charge < -0.3 is 15.4 Å². The third-order valence-electron chi connectivity index (χ3n) is 5.68. The van der Waals surface area contributed by atoms with Gasteiger partial charge in [0.05, 0.1) is 34.6 Å². The van der Waals surface area contributed by atoms with Gasteiger partial charge in [-0.15, -0.1) is 0 Å². The highest BCUT2D eigenvalue weighted by Gasteiger charge is 2.20. The number of nitrogen functional groups attached to an aromatic ring is 1. The molecule has 4 rings (SSSR count). The van der Waals surface area contributed by atoms with Crippen molar-refractivity contribution in [3.8, 4) is 0 Å². The number of rotatable bonds is 5. The number of halogens is 1. The van der Waals surface area contributed by atoms with Gasteiger partial charge in [0.1, 0.15) is 5.82 Å². The quantitative estimate of drug-likeness (QED) is 0.410. The lowest BCUT2D eigenvalue weighted by molar-refractivity contribution is 0.0602. The maximum atomic E-state index is 13.3. The van der Waals surface area contributed by atoms with Crippen molar-refractivity contribution in [3.05, 3.63) is 87.5 Å². The van der Waals surface area contributed by atoms with Gasteiger partial charge in [0.2, 0.25) is 0 Å². The molecule has 3 aromatic heterocycles. The number of nitrogens with zero attached hydrogens (tertiary/aromatic N) is 4. The Labute approximate surface area is 207 Å². The number of esters is 1. The Morgan fingerprint density at radius 2 is 1.89 bits per heavy atom. The largest absolute Gasteiger partial charge is 0.465 e. The molecule has 0 saturated carbocycles. The minimum atomic E-state index is -0.493. The van der Waals surface area contributed by atoms with E-state index in [9.17, 15) is 9.59 Å². The van der Waals surface area contributed by atoms with Crippen LogP contribution in [-0.2, 0) is 11.2 Å². The summed E-state index contributed by atoms with van der Waals surface area (Å²) in [7, 11) is 3.03. The molecule has 0 saturated heterocycles. The number of anilines is 2. The molecule has 178 valence electrons. The number of methoxy groups -OCH3 is 1. The van der Waals surface area contributed by atoms with Crippen LogP contribution in [0.2, 0.25) is 5.02 Å². The van der Waals surface area contributed by atoms with Crippen LogP contribution in [0, 0.1) is 13.8 Å². The van der Waals surface area contributed by atoms with E-state index in [1.807, 2.05) is 19.9 Å². The number of hydrogen-bond donors (Lipinski definition) is 1. The van der Waals surface area contributed by atoms with Gasteiger partial charge in [-0.3, -0.25) is 14.8 Å². The second kappa shape index (κ2) is 9.68.